The summed E-state index contributed by atoms with van der Waals surface area (Å²) >= 11 is 0. The topological polar surface area (TPSA) is 52.0 Å². The maximum Gasteiger partial charge on any atom is -0.00348 e. The Balaban J connectivity index is 2.39. The summed E-state index contributed by atoms with van der Waals surface area (Å²) in [6.07, 6.45) is 6.41. The third-order valence-corrected chi connectivity index (χ3v) is 7.78. The van der Waals surface area contributed by atoms with Crippen molar-refractivity contribution in [3.8, 4) is 0 Å². The summed E-state index contributed by atoms with van der Waals surface area (Å²) in [5, 5.41) is 1.51. The Kier molecular flexibility index (Phi) is 8.80. The van der Waals surface area contributed by atoms with Crippen molar-refractivity contribution in [1.29, 1.82) is 0 Å². The Hall–Kier alpha value is 0. The van der Waals surface area contributed by atoms with Crippen LogP contribution in [0.15, 0.2) is 30.3 Å². The van der Waals surface area contributed by atoms with Gasteiger partial charge in [-0.1, -0.05) is 38.3 Å². The molecule has 2 atom stereocenters. The zero-order chi connectivity index (χ0) is 13.2. The predicted molar refractivity (Wildman–Crippen MR) is 88.0 cm³/mol. The Labute approximate surface area is 114 Å². The van der Waals surface area contributed by atoms with E-state index in [0.29, 0.717) is 0 Å². The Bertz CT molecular complexity index is 306. The highest BCUT2D eigenvalue weighted by Crippen LogP contribution is 2.37. The van der Waals surface area contributed by atoms with Gasteiger partial charge in [0.25, 0.3) is 0 Å². The smallest absolute Gasteiger partial charge is 0.00348 e. The largest absolute Gasteiger partial charge is 0.330 e. The maximum absolute atomic E-state index is 5.75. The van der Waals surface area contributed by atoms with Crippen molar-refractivity contribution in [2.75, 3.05) is 44.4 Å². The van der Waals surface area contributed by atoms with Crippen LogP contribution in [0.2, 0.25) is 0 Å². The minimum atomic E-state index is -0.0417. The molecule has 0 heterocycles. The van der Waals surface area contributed by atoms with E-state index in [4.69, 9.17) is 11.5 Å². The van der Waals surface area contributed by atoms with Crippen molar-refractivity contribution in [1.82, 2.24) is 0 Å². The van der Waals surface area contributed by atoms with Gasteiger partial charge in [-0.3, -0.25) is 0 Å². The van der Waals surface area contributed by atoms with Crippen molar-refractivity contribution < 1.29 is 0 Å². The fraction of sp³-hybridized carbons (Fsp3) is 0.571. The molecule has 0 saturated heterocycles. The standard InChI is InChI=1S/C14H26N2P2/c1-17(12-8-15)10-5-11-18(13-9-16)14-6-3-2-4-7-14/h2-4,6-7H,5,8-13,15-16H2,1H3. The van der Waals surface area contributed by atoms with Gasteiger partial charge >= 0.3 is 0 Å². The summed E-state index contributed by atoms with van der Waals surface area (Å²) in [5.74, 6) is 0. The highest BCUT2D eigenvalue weighted by molar-refractivity contribution is 7.65. The molecule has 0 bridgehead atoms. The first-order valence-electron chi connectivity index (χ1n) is 6.66. The van der Waals surface area contributed by atoms with Gasteiger partial charge in [0.2, 0.25) is 0 Å². The summed E-state index contributed by atoms with van der Waals surface area (Å²) < 4.78 is 0. The zero-order valence-corrected chi connectivity index (χ0v) is 13.2. The molecule has 4 heteroatoms. The molecule has 0 aliphatic carbocycles. The zero-order valence-electron chi connectivity index (χ0n) is 11.4. The lowest BCUT2D eigenvalue weighted by atomic mass is 10.4. The molecule has 18 heavy (non-hydrogen) atoms. The van der Waals surface area contributed by atoms with Gasteiger partial charge in [-0.15, -0.1) is 7.92 Å². The molecular formula is C14H26N2P2. The van der Waals surface area contributed by atoms with E-state index in [1.54, 1.807) is 0 Å². The van der Waals surface area contributed by atoms with E-state index in [0.717, 1.165) is 19.3 Å². The second-order valence-corrected chi connectivity index (χ2v) is 9.65. The molecule has 0 radical (unpaired) electrons. The molecule has 102 valence electrons. The average molecular weight is 284 g/mol. The number of hydrogen-bond donors (Lipinski definition) is 2. The summed E-state index contributed by atoms with van der Waals surface area (Å²) in [5.41, 5.74) is 11.4. The van der Waals surface area contributed by atoms with Gasteiger partial charge < -0.3 is 11.5 Å². The summed E-state index contributed by atoms with van der Waals surface area (Å²) in [6.45, 7) is 4.03. The number of benzene rings is 1. The number of hydrogen-bond acceptors (Lipinski definition) is 2. The highest BCUT2D eigenvalue weighted by Gasteiger charge is 2.10. The average Bonchev–Trinajstić information content (AvgIpc) is 2.39. The molecule has 0 aliphatic rings. The van der Waals surface area contributed by atoms with Gasteiger partial charge in [0, 0.05) is 0 Å². The van der Waals surface area contributed by atoms with Crippen LogP contribution in [0.3, 0.4) is 0 Å². The lowest BCUT2D eigenvalue weighted by Crippen LogP contribution is -2.13. The molecule has 0 fully saturated rings. The van der Waals surface area contributed by atoms with Crippen LogP contribution in [-0.4, -0.2) is 44.4 Å². The molecule has 2 unspecified atom stereocenters. The Morgan fingerprint density at radius 3 is 2.17 bits per heavy atom. The quantitative estimate of drug-likeness (QED) is 0.683. The molecule has 0 amide bonds. The molecule has 4 N–H and O–H groups in total. The van der Waals surface area contributed by atoms with Crippen molar-refractivity contribution in [3.05, 3.63) is 30.3 Å². The van der Waals surface area contributed by atoms with E-state index in [1.165, 1.54) is 30.2 Å². The van der Waals surface area contributed by atoms with Gasteiger partial charge in [-0.25, -0.2) is 0 Å². The summed E-state index contributed by atoms with van der Waals surface area (Å²) in [7, 11) is 0.123. The first-order valence-corrected chi connectivity index (χ1v) is 10.5. The molecule has 0 aliphatic heterocycles. The first kappa shape index (κ1) is 16.1. The van der Waals surface area contributed by atoms with Crippen LogP contribution in [0.1, 0.15) is 6.42 Å². The van der Waals surface area contributed by atoms with E-state index in [1.807, 2.05) is 0 Å². The third-order valence-electron chi connectivity index (χ3n) is 3.00. The monoisotopic (exact) mass is 284 g/mol. The molecule has 0 saturated carbocycles. The van der Waals surface area contributed by atoms with Gasteiger partial charge in [0.1, 0.15) is 0 Å². The lowest BCUT2D eigenvalue weighted by Gasteiger charge is -2.18. The van der Waals surface area contributed by atoms with E-state index in [9.17, 15) is 0 Å². The highest BCUT2D eigenvalue weighted by atomic mass is 31.1. The fourth-order valence-electron chi connectivity index (χ4n) is 2.03. The lowest BCUT2D eigenvalue weighted by molar-refractivity contribution is 1.07. The van der Waals surface area contributed by atoms with Crippen LogP contribution in [0.25, 0.3) is 0 Å². The molecule has 0 spiro atoms. The van der Waals surface area contributed by atoms with Gasteiger partial charge in [-0.05, 0) is 56.1 Å². The first-order chi connectivity index (χ1) is 8.77. The second-order valence-electron chi connectivity index (χ2n) is 4.56. The molecule has 1 rings (SSSR count). The van der Waals surface area contributed by atoms with Crippen molar-refractivity contribution in [2.45, 2.75) is 6.42 Å². The Morgan fingerprint density at radius 2 is 1.56 bits per heavy atom. The normalized spacial score (nSPS) is 14.4. The summed E-state index contributed by atoms with van der Waals surface area (Å²) in [4.78, 5) is 0. The minimum Gasteiger partial charge on any atom is -0.330 e. The van der Waals surface area contributed by atoms with Gasteiger partial charge in [0.15, 0.2) is 0 Å². The van der Waals surface area contributed by atoms with E-state index < -0.39 is 0 Å². The van der Waals surface area contributed by atoms with E-state index in [2.05, 4.69) is 37.0 Å². The number of rotatable bonds is 9. The SMILES string of the molecule is CP(CCN)CCCP(CCN)c1ccccc1. The van der Waals surface area contributed by atoms with Crippen LogP contribution in [0.4, 0.5) is 0 Å². The molecule has 0 aromatic heterocycles. The Morgan fingerprint density at radius 1 is 0.889 bits per heavy atom. The predicted octanol–water partition coefficient (Wildman–Crippen LogP) is 2.21. The van der Waals surface area contributed by atoms with E-state index >= 15 is 0 Å². The molecule has 2 nitrogen and oxygen atoms in total. The number of nitrogens with two attached hydrogens (primary N) is 2. The second kappa shape index (κ2) is 9.87. The molecule has 1 aromatic carbocycles. The van der Waals surface area contributed by atoms with Crippen molar-refractivity contribution >= 4 is 21.1 Å². The van der Waals surface area contributed by atoms with E-state index in [-0.39, 0.29) is 15.8 Å². The van der Waals surface area contributed by atoms with Crippen LogP contribution in [-0.2, 0) is 0 Å². The van der Waals surface area contributed by atoms with Crippen LogP contribution >= 0.6 is 15.8 Å². The fourth-order valence-corrected chi connectivity index (χ4v) is 5.83. The van der Waals surface area contributed by atoms with Crippen LogP contribution in [0.5, 0.6) is 0 Å². The van der Waals surface area contributed by atoms with Crippen LogP contribution in [0, 0.1) is 0 Å². The van der Waals surface area contributed by atoms with Crippen molar-refractivity contribution in [2.24, 2.45) is 11.5 Å². The third kappa shape index (κ3) is 6.25. The van der Waals surface area contributed by atoms with Crippen molar-refractivity contribution in [3.63, 3.8) is 0 Å². The van der Waals surface area contributed by atoms with Gasteiger partial charge in [-0.2, -0.15) is 0 Å². The maximum atomic E-state index is 5.75. The molecular weight excluding hydrogens is 258 g/mol. The van der Waals surface area contributed by atoms with Crippen LogP contribution < -0.4 is 16.8 Å². The summed E-state index contributed by atoms with van der Waals surface area (Å²) in [6, 6.07) is 10.9. The minimum absolute atomic E-state index is 0.0417. The molecule has 1 aromatic rings. The van der Waals surface area contributed by atoms with Gasteiger partial charge in [0.05, 0.1) is 0 Å².